The molecule has 13 N–H and O–H groups in total. The second kappa shape index (κ2) is 27.3. The summed E-state index contributed by atoms with van der Waals surface area (Å²) in [4.78, 5) is 117. The Morgan fingerprint density at radius 2 is 1.08 bits per heavy atom. The predicted octanol–water partition coefficient (Wildman–Crippen LogP) is -1.28. The van der Waals surface area contributed by atoms with Gasteiger partial charge in [-0.05, 0) is 35.7 Å². The number of hydrogen-bond donors (Lipinski definition) is 11. The number of nitrogens with one attached hydrogen (secondary N) is 7. The highest BCUT2D eigenvalue weighted by molar-refractivity contribution is 5.97. The maximum Gasteiger partial charge on any atom is 0.326 e. The van der Waals surface area contributed by atoms with E-state index >= 15 is 0 Å². The first-order valence-electron chi connectivity index (χ1n) is 21.1. The van der Waals surface area contributed by atoms with Gasteiger partial charge in [-0.15, -0.1) is 0 Å². The van der Waals surface area contributed by atoms with E-state index in [2.05, 4.69) is 37.2 Å². The van der Waals surface area contributed by atoms with Gasteiger partial charge in [0.1, 0.15) is 36.3 Å². The molecule has 20 nitrogen and oxygen atoms in total. The summed E-state index contributed by atoms with van der Waals surface area (Å²) in [6.45, 7) is 12.2. The fourth-order valence-electron chi connectivity index (χ4n) is 6.05. The van der Waals surface area contributed by atoms with Crippen molar-refractivity contribution in [1.29, 1.82) is 0 Å². The molecular formula is C42H69N9O11. The van der Waals surface area contributed by atoms with Crippen LogP contribution in [0.15, 0.2) is 30.3 Å². The highest BCUT2D eigenvalue weighted by Gasteiger charge is 2.35. The van der Waals surface area contributed by atoms with Crippen molar-refractivity contribution in [2.45, 2.75) is 136 Å². The molecule has 0 aliphatic rings. The molecule has 62 heavy (non-hydrogen) atoms. The van der Waals surface area contributed by atoms with Gasteiger partial charge in [-0.1, -0.05) is 105 Å². The number of hydrogen-bond acceptors (Lipinski definition) is 11. The van der Waals surface area contributed by atoms with Crippen LogP contribution in [0.2, 0.25) is 0 Å². The molecule has 0 saturated heterocycles. The number of aliphatic carboxylic acids is 1. The Morgan fingerprint density at radius 3 is 1.56 bits per heavy atom. The number of carbonyl (C=O) groups is 9. The summed E-state index contributed by atoms with van der Waals surface area (Å²) in [5, 5.41) is 37.3. The van der Waals surface area contributed by atoms with Crippen LogP contribution in [0.3, 0.4) is 0 Å². The first-order valence-corrected chi connectivity index (χ1v) is 21.1. The van der Waals surface area contributed by atoms with Gasteiger partial charge < -0.3 is 58.9 Å². The number of aliphatic hydroxyl groups excluding tert-OH is 1. The summed E-state index contributed by atoms with van der Waals surface area (Å²) in [5.41, 5.74) is 12.0. The van der Waals surface area contributed by atoms with Crippen LogP contribution in [0.5, 0.6) is 0 Å². The third kappa shape index (κ3) is 18.2. The standard InChI is InChI=1S/C42H69N9O11/c1-9-23(6)32(44)39(58)51-35(25(8)11-3)41(60)46-27(17-18-30(43)53)36(55)45-20-31(54)49-34(24(7)10-2)40(59)48-29(21-52)38(57)47-28(19-26-15-13-12-14-16-26)37(56)50-33(22(4)5)42(61)62/h12-16,22-25,27-29,32-35,52H,9-11,17-21,44H2,1-8H3,(H2,43,53)(H,45,55)(H,46,60)(H,47,57)(H,48,59)(H,49,54)(H,50,56)(H,51,58)(H,61,62)/t23-,24-,25-,27-,28-,29-,32-,33-,34-,35-/m0/s1. The van der Waals surface area contributed by atoms with Gasteiger partial charge in [0.2, 0.25) is 47.3 Å². The average Bonchev–Trinajstić information content (AvgIpc) is 3.24. The molecule has 1 rings (SSSR count). The number of rotatable bonds is 28. The molecule has 0 spiro atoms. The summed E-state index contributed by atoms with van der Waals surface area (Å²) in [7, 11) is 0. The zero-order valence-electron chi connectivity index (χ0n) is 37.1. The molecule has 0 bridgehead atoms. The molecule has 0 unspecified atom stereocenters. The Bertz CT molecular complexity index is 1680. The Kier molecular flexibility index (Phi) is 24.0. The largest absolute Gasteiger partial charge is 0.480 e. The fourth-order valence-corrected chi connectivity index (χ4v) is 6.05. The van der Waals surface area contributed by atoms with Crippen molar-refractivity contribution in [3.63, 3.8) is 0 Å². The average molecular weight is 876 g/mol. The first kappa shape index (κ1) is 54.4. The van der Waals surface area contributed by atoms with Crippen molar-refractivity contribution in [1.82, 2.24) is 37.2 Å². The summed E-state index contributed by atoms with van der Waals surface area (Å²) in [6.07, 6.45) is 0.854. The summed E-state index contributed by atoms with van der Waals surface area (Å²) < 4.78 is 0. The van der Waals surface area contributed by atoms with Gasteiger partial charge in [-0.25, -0.2) is 4.79 Å². The molecule has 1 aromatic carbocycles. The van der Waals surface area contributed by atoms with E-state index in [-0.39, 0.29) is 31.1 Å². The normalized spacial score (nSPS) is 16.0. The maximum absolute atomic E-state index is 13.6. The van der Waals surface area contributed by atoms with E-state index in [1.807, 2.05) is 13.8 Å². The van der Waals surface area contributed by atoms with Crippen molar-refractivity contribution >= 4 is 53.2 Å². The van der Waals surface area contributed by atoms with E-state index in [1.54, 1.807) is 71.9 Å². The van der Waals surface area contributed by atoms with Crippen LogP contribution in [-0.4, -0.2) is 119 Å². The zero-order chi connectivity index (χ0) is 47.3. The molecule has 0 aromatic heterocycles. The Morgan fingerprint density at radius 1 is 0.597 bits per heavy atom. The van der Waals surface area contributed by atoms with E-state index in [1.165, 1.54) is 0 Å². The molecule has 0 radical (unpaired) electrons. The van der Waals surface area contributed by atoms with Gasteiger partial charge in [-0.2, -0.15) is 0 Å². The zero-order valence-corrected chi connectivity index (χ0v) is 37.1. The number of nitrogens with two attached hydrogens (primary N) is 2. The van der Waals surface area contributed by atoms with Crippen molar-refractivity contribution in [3.05, 3.63) is 35.9 Å². The minimum Gasteiger partial charge on any atom is -0.480 e. The monoisotopic (exact) mass is 876 g/mol. The van der Waals surface area contributed by atoms with Crippen LogP contribution >= 0.6 is 0 Å². The molecule has 0 heterocycles. The van der Waals surface area contributed by atoms with Crippen LogP contribution in [0.1, 0.15) is 93.1 Å². The minimum absolute atomic E-state index is 0.0542. The molecule has 348 valence electrons. The topological polar surface area (TPSA) is 330 Å². The fraction of sp³-hybridized carbons (Fsp3) is 0.643. The molecule has 20 heteroatoms. The summed E-state index contributed by atoms with van der Waals surface area (Å²) in [6, 6.07) is -0.239. The lowest BCUT2D eigenvalue weighted by molar-refractivity contribution is -0.143. The Balaban J connectivity index is 3.16. The number of amides is 8. The molecule has 10 atom stereocenters. The van der Waals surface area contributed by atoms with Gasteiger partial charge in [0, 0.05) is 12.8 Å². The van der Waals surface area contributed by atoms with Crippen LogP contribution < -0.4 is 48.7 Å². The molecule has 0 saturated carbocycles. The number of primary amides is 1. The molecule has 8 amide bonds. The quantitative estimate of drug-likeness (QED) is 0.0469. The number of benzene rings is 1. The molecule has 1 aromatic rings. The van der Waals surface area contributed by atoms with Gasteiger partial charge in [0.15, 0.2) is 0 Å². The van der Waals surface area contributed by atoms with Gasteiger partial charge >= 0.3 is 5.97 Å². The van der Waals surface area contributed by atoms with E-state index in [9.17, 15) is 53.4 Å². The minimum atomic E-state index is -1.61. The number of carbonyl (C=O) groups excluding carboxylic acids is 8. The van der Waals surface area contributed by atoms with E-state index < -0.39 is 121 Å². The van der Waals surface area contributed by atoms with Gasteiger partial charge in [0.05, 0.1) is 19.2 Å². The van der Waals surface area contributed by atoms with Crippen molar-refractivity contribution in [2.24, 2.45) is 35.1 Å². The lowest BCUT2D eigenvalue weighted by Gasteiger charge is -2.28. The van der Waals surface area contributed by atoms with Crippen molar-refractivity contribution < 1.29 is 53.4 Å². The molecular weight excluding hydrogens is 807 g/mol. The van der Waals surface area contributed by atoms with Crippen LogP contribution in [-0.2, 0) is 49.6 Å². The van der Waals surface area contributed by atoms with Gasteiger partial charge in [-0.3, -0.25) is 38.4 Å². The summed E-state index contributed by atoms with van der Waals surface area (Å²) >= 11 is 0. The summed E-state index contributed by atoms with van der Waals surface area (Å²) in [5.74, 6) is -9.25. The number of carboxylic acid groups (broad SMARTS) is 1. The second-order valence-corrected chi connectivity index (χ2v) is 16.1. The molecule has 0 fully saturated rings. The number of aliphatic hydroxyl groups is 1. The van der Waals surface area contributed by atoms with Crippen LogP contribution in [0, 0.1) is 23.7 Å². The lowest BCUT2D eigenvalue weighted by Crippen LogP contribution is -2.60. The second-order valence-electron chi connectivity index (χ2n) is 16.1. The Hall–Kier alpha value is -5.63. The van der Waals surface area contributed by atoms with E-state index in [0.29, 0.717) is 24.8 Å². The van der Waals surface area contributed by atoms with E-state index in [0.717, 1.165) is 0 Å². The highest BCUT2D eigenvalue weighted by Crippen LogP contribution is 2.13. The van der Waals surface area contributed by atoms with Crippen LogP contribution in [0.25, 0.3) is 0 Å². The predicted molar refractivity (Wildman–Crippen MR) is 229 cm³/mol. The third-order valence-electron chi connectivity index (χ3n) is 10.9. The Labute approximate surface area is 363 Å². The van der Waals surface area contributed by atoms with Crippen LogP contribution in [0.4, 0.5) is 0 Å². The molecule has 0 aliphatic carbocycles. The SMILES string of the molecule is CC[C@H](C)[C@H](N)C(=O)N[C@H](C(=O)N[C@@H](CCC(N)=O)C(=O)NCC(=O)N[C@H](C(=O)N[C@@H](CO)C(=O)N[C@@H](Cc1ccccc1)C(=O)N[C@H](C(=O)O)C(C)C)[C@@H](C)CC)[C@@H](C)CC. The number of carboxylic acids is 1. The third-order valence-corrected chi connectivity index (χ3v) is 10.9. The maximum atomic E-state index is 13.6. The van der Waals surface area contributed by atoms with Crippen molar-refractivity contribution in [3.8, 4) is 0 Å². The van der Waals surface area contributed by atoms with Gasteiger partial charge in [0.25, 0.3) is 0 Å². The first-order chi connectivity index (χ1) is 29.1. The lowest BCUT2D eigenvalue weighted by atomic mass is 9.95. The molecule has 0 aliphatic heterocycles. The smallest absolute Gasteiger partial charge is 0.326 e. The highest BCUT2D eigenvalue weighted by atomic mass is 16.4. The van der Waals surface area contributed by atoms with E-state index in [4.69, 9.17) is 11.5 Å². The van der Waals surface area contributed by atoms with Crippen molar-refractivity contribution in [2.75, 3.05) is 13.2 Å².